The molecule has 0 spiro atoms. The van der Waals surface area contributed by atoms with Crippen molar-refractivity contribution in [1.82, 2.24) is 9.97 Å². The molecular weight excluding hydrogens is 164 g/mol. The molecule has 1 N–H and O–H groups in total. The maximum absolute atomic E-state index is 8.48. The topological polar surface area (TPSA) is 76.3 Å². The van der Waals surface area contributed by atoms with Gasteiger partial charge in [-0.1, -0.05) is 6.92 Å². The van der Waals surface area contributed by atoms with Crippen molar-refractivity contribution in [3.05, 3.63) is 23.3 Å². The van der Waals surface area contributed by atoms with Gasteiger partial charge in [0.25, 0.3) is 0 Å². The molecule has 0 radical (unpaired) electrons. The number of aromatic amines is 1. The van der Waals surface area contributed by atoms with Crippen molar-refractivity contribution >= 4 is 6.08 Å². The van der Waals surface area contributed by atoms with Gasteiger partial charge in [-0.3, -0.25) is 0 Å². The lowest BCUT2D eigenvalue weighted by molar-refractivity contribution is 0.988. The fourth-order valence-electron chi connectivity index (χ4n) is 0.877. The summed E-state index contributed by atoms with van der Waals surface area (Å²) in [4.78, 5) is 7.01. The minimum absolute atomic E-state index is 0.0753. The Labute approximate surface area is 76.1 Å². The molecular formula is C9H8N4. The van der Waals surface area contributed by atoms with Gasteiger partial charge in [-0.25, -0.2) is 4.98 Å². The number of aryl methyl sites for hydroxylation is 1. The Morgan fingerprint density at radius 2 is 2.31 bits per heavy atom. The third-order valence-electron chi connectivity index (χ3n) is 1.52. The molecule has 4 heteroatoms. The van der Waals surface area contributed by atoms with E-state index >= 15 is 0 Å². The fraction of sp³-hybridized carbons (Fsp3) is 0.222. The first-order chi connectivity index (χ1) is 6.30. The van der Waals surface area contributed by atoms with Gasteiger partial charge in [0.15, 0.2) is 0 Å². The van der Waals surface area contributed by atoms with E-state index in [1.807, 2.05) is 6.92 Å². The van der Waals surface area contributed by atoms with Crippen LogP contribution in [0.15, 0.2) is 11.8 Å². The van der Waals surface area contributed by atoms with Crippen molar-refractivity contribution in [2.45, 2.75) is 13.3 Å². The number of allylic oxidation sites excluding steroid dienone is 1. The summed E-state index contributed by atoms with van der Waals surface area (Å²) in [5.41, 5.74) is 0.765. The molecule has 64 valence electrons. The molecule has 0 bridgehead atoms. The predicted octanol–water partition coefficient (Wildman–Crippen LogP) is 1.40. The van der Waals surface area contributed by atoms with Crippen molar-refractivity contribution < 1.29 is 0 Å². The molecule has 4 nitrogen and oxygen atoms in total. The Bertz CT molecular complexity index is 384. The first-order valence-electron chi connectivity index (χ1n) is 3.86. The largest absolute Gasteiger partial charge is 0.342 e. The number of hydrogen-bond donors (Lipinski definition) is 1. The smallest absolute Gasteiger partial charge is 0.131 e. The van der Waals surface area contributed by atoms with Gasteiger partial charge >= 0.3 is 0 Å². The summed E-state index contributed by atoms with van der Waals surface area (Å²) >= 11 is 0. The van der Waals surface area contributed by atoms with E-state index in [1.54, 1.807) is 18.3 Å². The van der Waals surface area contributed by atoms with Gasteiger partial charge in [-0.2, -0.15) is 10.5 Å². The molecule has 1 aromatic heterocycles. The molecule has 0 unspecified atom stereocenters. The Balaban J connectivity index is 2.93. The van der Waals surface area contributed by atoms with Crippen LogP contribution in [0.2, 0.25) is 0 Å². The normalized spacial score (nSPS) is 8.54. The monoisotopic (exact) mass is 172 g/mol. The second-order valence-corrected chi connectivity index (χ2v) is 2.42. The van der Waals surface area contributed by atoms with Crippen molar-refractivity contribution in [2.75, 3.05) is 0 Å². The molecule has 0 fully saturated rings. The van der Waals surface area contributed by atoms with Gasteiger partial charge in [0.2, 0.25) is 0 Å². The van der Waals surface area contributed by atoms with Crippen molar-refractivity contribution in [1.29, 1.82) is 10.5 Å². The van der Waals surface area contributed by atoms with Gasteiger partial charge in [-0.15, -0.1) is 0 Å². The first kappa shape index (κ1) is 9.02. The number of rotatable bonds is 2. The highest BCUT2D eigenvalue weighted by atomic mass is 14.9. The number of H-pyrrole nitrogens is 1. The van der Waals surface area contributed by atoms with Gasteiger partial charge in [0, 0.05) is 6.42 Å². The predicted molar refractivity (Wildman–Crippen MR) is 47.2 cm³/mol. The molecule has 0 amide bonds. The number of nitrogens with one attached hydrogen (secondary N) is 1. The lowest BCUT2D eigenvalue weighted by Crippen LogP contribution is -1.81. The van der Waals surface area contributed by atoms with Crippen LogP contribution < -0.4 is 0 Å². The summed E-state index contributed by atoms with van der Waals surface area (Å²) in [6.45, 7) is 1.97. The van der Waals surface area contributed by atoms with E-state index in [4.69, 9.17) is 10.5 Å². The number of nitrogens with zero attached hydrogens (tertiary/aromatic N) is 3. The van der Waals surface area contributed by atoms with Crippen LogP contribution in [0.3, 0.4) is 0 Å². The van der Waals surface area contributed by atoms with E-state index in [1.165, 1.54) is 6.08 Å². The van der Waals surface area contributed by atoms with Crippen LogP contribution in [-0.2, 0) is 6.42 Å². The Hall–Kier alpha value is -2.07. The molecule has 0 aliphatic carbocycles. The highest BCUT2D eigenvalue weighted by Gasteiger charge is 1.97. The zero-order valence-electron chi connectivity index (χ0n) is 7.20. The third kappa shape index (κ3) is 2.18. The molecule has 0 aliphatic rings. The van der Waals surface area contributed by atoms with Crippen LogP contribution in [0.5, 0.6) is 0 Å². The summed E-state index contributed by atoms with van der Waals surface area (Å²) in [5, 5.41) is 17.0. The van der Waals surface area contributed by atoms with Crippen LogP contribution in [-0.4, -0.2) is 9.97 Å². The summed E-state index contributed by atoms with van der Waals surface area (Å²) in [6, 6.07) is 3.56. The summed E-state index contributed by atoms with van der Waals surface area (Å²) in [5.74, 6) is 0.849. The average molecular weight is 172 g/mol. The molecule has 0 aliphatic heterocycles. The van der Waals surface area contributed by atoms with Crippen molar-refractivity contribution in [2.24, 2.45) is 0 Å². The highest BCUT2D eigenvalue weighted by Crippen LogP contribution is 2.03. The molecule has 0 atom stereocenters. The number of imidazole rings is 1. The van der Waals surface area contributed by atoms with E-state index in [0.29, 0.717) is 5.69 Å². The molecule has 1 heterocycles. The molecule has 0 saturated heterocycles. The van der Waals surface area contributed by atoms with Gasteiger partial charge < -0.3 is 4.98 Å². The van der Waals surface area contributed by atoms with Crippen molar-refractivity contribution in [3.63, 3.8) is 0 Å². The zero-order chi connectivity index (χ0) is 9.68. The zero-order valence-corrected chi connectivity index (χ0v) is 7.20. The quantitative estimate of drug-likeness (QED) is 0.685. The lowest BCUT2D eigenvalue weighted by atomic mass is 10.3. The minimum Gasteiger partial charge on any atom is -0.342 e. The molecule has 0 aromatic carbocycles. The maximum Gasteiger partial charge on any atom is 0.131 e. The summed E-state index contributed by atoms with van der Waals surface area (Å²) < 4.78 is 0. The third-order valence-corrected chi connectivity index (χ3v) is 1.52. The van der Waals surface area contributed by atoms with Gasteiger partial charge in [0.05, 0.1) is 11.9 Å². The van der Waals surface area contributed by atoms with E-state index in [-0.39, 0.29) is 5.57 Å². The SMILES string of the molecule is CCc1ncc(C=C(C#N)C#N)[nH]1. The summed E-state index contributed by atoms with van der Waals surface area (Å²) in [6.07, 6.45) is 3.89. The lowest BCUT2D eigenvalue weighted by Gasteiger charge is -1.85. The van der Waals surface area contributed by atoms with Crippen molar-refractivity contribution in [3.8, 4) is 12.1 Å². The second kappa shape index (κ2) is 4.08. The maximum atomic E-state index is 8.48. The van der Waals surface area contributed by atoms with Crippen LogP contribution in [0.25, 0.3) is 6.08 Å². The Kier molecular flexibility index (Phi) is 2.83. The van der Waals surface area contributed by atoms with E-state index in [0.717, 1.165) is 12.2 Å². The minimum atomic E-state index is 0.0753. The molecule has 0 saturated carbocycles. The fourth-order valence-corrected chi connectivity index (χ4v) is 0.877. The number of nitriles is 2. The van der Waals surface area contributed by atoms with E-state index in [2.05, 4.69) is 9.97 Å². The molecule has 13 heavy (non-hydrogen) atoms. The van der Waals surface area contributed by atoms with Gasteiger partial charge in [-0.05, 0) is 6.08 Å². The Morgan fingerprint density at radius 3 is 2.77 bits per heavy atom. The van der Waals surface area contributed by atoms with E-state index in [9.17, 15) is 0 Å². The summed E-state index contributed by atoms with van der Waals surface area (Å²) in [7, 11) is 0. The van der Waals surface area contributed by atoms with Crippen LogP contribution in [0.1, 0.15) is 18.4 Å². The van der Waals surface area contributed by atoms with Crippen LogP contribution in [0, 0.1) is 22.7 Å². The molecule has 1 rings (SSSR count). The highest BCUT2D eigenvalue weighted by molar-refractivity contribution is 5.59. The Morgan fingerprint density at radius 1 is 1.62 bits per heavy atom. The van der Waals surface area contributed by atoms with E-state index < -0.39 is 0 Å². The number of aromatic nitrogens is 2. The first-order valence-corrected chi connectivity index (χ1v) is 3.86. The van der Waals surface area contributed by atoms with Crippen LogP contribution in [0.4, 0.5) is 0 Å². The van der Waals surface area contributed by atoms with Crippen LogP contribution >= 0.6 is 0 Å². The molecule has 1 aromatic rings. The standard InChI is InChI=1S/C9H8N4/c1-2-9-12-6-8(13-9)3-7(4-10)5-11/h3,6H,2H2,1H3,(H,12,13). The second-order valence-electron chi connectivity index (χ2n) is 2.42. The van der Waals surface area contributed by atoms with Gasteiger partial charge in [0.1, 0.15) is 23.5 Å². The number of hydrogen-bond acceptors (Lipinski definition) is 3. The average Bonchev–Trinajstić information content (AvgIpc) is 2.61.